The average molecular weight is 310 g/mol. The number of rotatable bonds is 4. The number of hydrogen-bond acceptors (Lipinski definition) is 3. The van der Waals surface area contributed by atoms with Crippen LogP contribution in [0.5, 0.6) is 0 Å². The topological polar surface area (TPSA) is 50.9 Å². The van der Waals surface area contributed by atoms with Gasteiger partial charge in [-0.2, -0.15) is 0 Å². The lowest BCUT2D eigenvalue weighted by Crippen LogP contribution is -2.21. The minimum absolute atomic E-state index is 0.0566. The molecular weight excluding hydrogens is 293 g/mol. The molecule has 0 saturated carbocycles. The van der Waals surface area contributed by atoms with Gasteiger partial charge in [0.2, 0.25) is 0 Å². The summed E-state index contributed by atoms with van der Waals surface area (Å²) in [6, 6.07) is 7.64. The van der Waals surface area contributed by atoms with Gasteiger partial charge >= 0.3 is 0 Å². The van der Waals surface area contributed by atoms with Gasteiger partial charge in [0.05, 0.1) is 0 Å². The van der Waals surface area contributed by atoms with Crippen LogP contribution < -0.4 is 11.1 Å². The molecule has 106 valence electrons. The predicted molar refractivity (Wildman–Crippen MR) is 85.4 cm³/mol. The number of aryl methyl sites for hydroxylation is 1. The van der Waals surface area contributed by atoms with Gasteiger partial charge in [0.15, 0.2) is 0 Å². The summed E-state index contributed by atoms with van der Waals surface area (Å²) in [5, 5.41) is 4.56. The molecule has 0 bridgehead atoms. The van der Waals surface area contributed by atoms with Gasteiger partial charge < -0.3 is 11.1 Å². The lowest BCUT2D eigenvalue weighted by molar-refractivity contribution is 0.592. The lowest BCUT2D eigenvalue weighted by Gasteiger charge is -2.19. The second-order valence-corrected chi connectivity index (χ2v) is 5.61. The molecular formula is C15H17Cl2N3. The largest absolute Gasteiger partial charge is 0.383 e. The fraction of sp³-hybridized carbons (Fsp3) is 0.267. The maximum absolute atomic E-state index is 6.23. The van der Waals surface area contributed by atoms with E-state index in [9.17, 15) is 0 Å². The molecule has 0 aliphatic carbocycles. The fourth-order valence-corrected chi connectivity index (χ4v) is 2.64. The molecule has 0 fully saturated rings. The molecule has 2 rings (SSSR count). The Morgan fingerprint density at radius 2 is 2.05 bits per heavy atom. The quantitative estimate of drug-likeness (QED) is 0.903. The number of pyridine rings is 1. The van der Waals surface area contributed by atoms with Crippen molar-refractivity contribution in [3.05, 3.63) is 57.2 Å². The molecule has 1 aromatic heterocycles. The predicted octanol–water partition coefficient (Wildman–Crippen LogP) is 3.78. The Morgan fingerprint density at radius 3 is 2.70 bits per heavy atom. The molecule has 1 heterocycles. The third kappa shape index (κ3) is 3.42. The van der Waals surface area contributed by atoms with Gasteiger partial charge in [-0.05, 0) is 49.7 Å². The van der Waals surface area contributed by atoms with Crippen LogP contribution in [0.25, 0.3) is 0 Å². The van der Waals surface area contributed by atoms with Crippen LogP contribution in [0.15, 0.2) is 30.5 Å². The Labute approximate surface area is 129 Å². The van der Waals surface area contributed by atoms with E-state index in [1.807, 2.05) is 32.2 Å². The molecule has 1 aromatic carbocycles. The normalized spacial score (nSPS) is 12.4. The molecule has 0 saturated heterocycles. The van der Waals surface area contributed by atoms with Crippen LogP contribution in [0.2, 0.25) is 10.0 Å². The van der Waals surface area contributed by atoms with Crippen molar-refractivity contribution in [3.8, 4) is 0 Å². The molecule has 0 radical (unpaired) electrons. The summed E-state index contributed by atoms with van der Waals surface area (Å²) < 4.78 is 0. The molecule has 20 heavy (non-hydrogen) atoms. The van der Waals surface area contributed by atoms with Gasteiger partial charge in [-0.15, -0.1) is 0 Å². The standard InChI is InChI=1S/C15H17Cl2N3/c1-9-5-12(15(18)20-8-9)14(19-2)6-10-3-4-11(16)7-13(10)17/h3-5,7-8,14,19H,6H2,1-2H3,(H2,18,20). The van der Waals surface area contributed by atoms with E-state index < -0.39 is 0 Å². The van der Waals surface area contributed by atoms with E-state index in [1.54, 1.807) is 12.3 Å². The number of nitrogens with two attached hydrogens (primary N) is 1. The van der Waals surface area contributed by atoms with Crippen molar-refractivity contribution in [2.24, 2.45) is 0 Å². The number of halogens is 2. The van der Waals surface area contributed by atoms with E-state index in [0.29, 0.717) is 15.9 Å². The summed E-state index contributed by atoms with van der Waals surface area (Å²) in [5.74, 6) is 0.542. The SMILES string of the molecule is CNC(Cc1ccc(Cl)cc1Cl)c1cc(C)cnc1N. The molecule has 0 amide bonds. The number of aromatic nitrogens is 1. The number of nitrogens with one attached hydrogen (secondary N) is 1. The number of benzene rings is 1. The maximum atomic E-state index is 6.23. The highest BCUT2D eigenvalue weighted by atomic mass is 35.5. The van der Waals surface area contributed by atoms with Crippen LogP contribution in [0.1, 0.15) is 22.7 Å². The molecule has 1 atom stereocenters. The monoisotopic (exact) mass is 309 g/mol. The second-order valence-electron chi connectivity index (χ2n) is 4.77. The first-order valence-electron chi connectivity index (χ1n) is 6.34. The highest BCUT2D eigenvalue weighted by Crippen LogP contribution is 2.28. The zero-order valence-corrected chi connectivity index (χ0v) is 13.0. The molecule has 3 N–H and O–H groups in total. The summed E-state index contributed by atoms with van der Waals surface area (Å²) in [7, 11) is 1.90. The summed E-state index contributed by atoms with van der Waals surface area (Å²) in [6.07, 6.45) is 2.49. The van der Waals surface area contributed by atoms with Crippen LogP contribution in [-0.4, -0.2) is 12.0 Å². The number of anilines is 1. The summed E-state index contributed by atoms with van der Waals surface area (Å²) in [4.78, 5) is 4.21. The van der Waals surface area contributed by atoms with E-state index >= 15 is 0 Å². The highest BCUT2D eigenvalue weighted by molar-refractivity contribution is 6.35. The Morgan fingerprint density at radius 1 is 1.30 bits per heavy atom. The van der Waals surface area contributed by atoms with E-state index in [-0.39, 0.29) is 6.04 Å². The van der Waals surface area contributed by atoms with E-state index in [0.717, 1.165) is 23.1 Å². The van der Waals surface area contributed by atoms with Crippen molar-refractivity contribution in [1.29, 1.82) is 0 Å². The van der Waals surface area contributed by atoms with Gasteiger partial charge in [-0.1, -0.05) is 29.3 Å². The third-order valence-corrected chi connectivity index (χ3v) is 3.84. The highest BCUT2D eigenvalue weighted by Gasteiger charge is 2.16. The van der Waals surface area contributed by atoms with E-state index in [4.69, 9.17) is 28.9 Å². The Bertz CT molecular complexity index is 614. The van der Waals surface area contributed by atoms with Crippen LogP contribution >= 0.6 is 23.2 Å². The number of hydrogen-bond donors (Lipinski definition) is 2. The number of nitrogens with zero attached hydrogens (tertiary/aromatic N) is 1. The third-order valence-electron chi connectivity index (χ3n) is 3.25. The lowest BCUT2D eigenvalue weighted by atomic mass is 9.98. The van der Waals surface area contributed by atoms with Crippen molar-refractivity contribution in [2.75, 3.05) is 12.8 Å². The number of likely N-dealkylation sites (N-methyl/N-ethyl adjacent to an activating group) is 1. The first kappa shape index (κ1) is 15.1. The minimum Gasteiger partial charge on any atom is -0.383 e. The summed E-state index contributed by atoms with van der Waals surface area (Å²) >= 11 is 12.2. The Hall–Kier alpha value is -1.29. The van der Waals surface area contributed by atoms with Crippen molar-refractivity contribution >= 4 is 29.0 Å². The molecule has 1 unspecified atom stereocenters. The van der Waals surface area contributed by atoms with Crippen molar-refractivity contribution in [2.45, 2.75) is 19.4 Å². The van der Waals surface area contributed by atoms with Crippen molar-refractivity contribution in [1.82, 2.24) is 10.3 Å². The fourth-order valence-electron chi connectivity index (χ4n) is 2.16. The Balaban J connectivity index is 2.31. The van der Waals surface area contributed by atoms with Crippen LogP contribution in [0.3, 0.4) is 0 Å². The molecule has 0 aliphatic rings. The Kier molecular flexibility index (Phi) is 4.86. The minimum atomic E-state index is 0.0566. The molecule has 2 aromatic rings. The van der Waals surface area contributed by atoms with Crippen molar-refractivity contribution in [3.63, 3.8) is 0 Å². The van der Waals surface area contributed by atoms with Crippen LogP contribution in [-0.2, 0) is 6.42 Å². The molecule has 5 heteroatoms. The van der Waals surface area contributed by atoms with Crippen LogP contribution in [0, 0.1) is 6.92 Å². The maximum Gasteiger partial charge on any atom is 0.128 e. The zero-order chi connectivity index (χ0) is 14.7. The van der Waals surface area contributed by atoms with Gasteiger partial charge in [0.25, 0.3) is 0 Å². The van der Waals surface area contributed by atoms with Gasteiger partial charge in [-0.25, -0.2) is 4.98 Å². The average Bonchev–Trinajstić information content (AvgIpc) is 2.41. The number of nitrogen functional groups attached to an aromatic ring is 1. The summed E-state index contributed by atoms with van der Waals surface area (Å²) in [5.41, 5.74) is 9.07. The summed E-state index contributed by atoms with van der Waals surface area (Å²) in [6.45, 7) is 2.00. The van der Waals surface area contributed by atoms with Crippen LogP contribution in [0.4, 0.5) is 5.82 Å². The first-order valence-corrected chi connectivity index (χ1v) is 7.10. The van der Waals surface area contributed by atoms with Gasteiger partial charge in [0, 0.05) is 27.8 Å². The van der Waals surface area contributed by atoms with Gasteiger partial charge in [-0.3, -0.25) is 0 Å². The van der Waals surface area contributed by atoms with Crippen molar-refractivity contribution < 1.29 is 0 Å². The van der Waals surface area contributed by atoms with Gasteiger partial charge in [0.1, 0.15) is 5.82 Å². The van der Waals surface area contributed by atoms with E-state index in [1.165, 1.54) is 0 Å². The molecule has 3 nitrogen and oxygen atoms in total. The molecule has 0 spiro atoms. The second kappa shape index (κ2) is 6.44. The smallest absolute Gasteiger partial charge is 0.128 e. The first-order chi connectivity index (χ1) is 9.51. The zero-order valence-electron chi connectivity index (χ0n) is 11.5. The van der Waals surface area contributed by atoms with E-state index in [2.05, 4.69) is 10.3 Å². The molecule has 0 aliphatic heterocycles.